The van der Waals surface area contributed by atoms with Crippen LogP contribution in [0.2, 0.25) is 0 Å². The molecule has 0 radical (unpaired) electrons. The van der Waals surface area contributed by atoms with Gasteiger partial charge in [-0.2, -0.15) is 0 Å². The van der Waals surface area contributed by atoms with Crippen LogP contribution in [0.1, 0.15) is 18.1 Å². The number of aromatic nitrogens is 1. The van der Waals surface area contributed by atoms with Crippen LogP contribution in [-0.4, -0.2) is 12.0 Å². The highest BCUT2D eigenvalue weighted by Crippen LogP contribution is 2.27. The first-order chi connectivity index (χ1) is 8.76. The van der Waals surface area contributed by atoms with Crippen LogP contribution < -0.4 is 4.90 Å². The van der Waals surface area contributed by atoms with Gasteiger partial charge in [-0.3, -0.25) is 4.98 Å². The van der Waals surface area contributed by atoms with Crippen LogP contribution in [0.4, 0.5) is 11.4 Å². The molecule has 0 N–H and O–H groups in total. The normalized spacial score (nSPS) is 10.4. The van der Waals surface area contributed by atoms with E-state index < -0.39 is 0 Å². The zero-order chi connectivity index (χ0) is 13.0. The molecule has 0 bridgehead atoms. The maximum absolute atomic E-state index is 5.94. The minimum Gasteiger partial charge on any atom is -0.344 e. The highest BCUT2D eigenvalue weighted by atomic mass is 35.5. The Morgan fingerprint density at radius 1 is 1.17 bits per heavy atom. The van der Waals surface area contributed by atoms with Crippen LogP contribution in [0.3, 0.4) is 0 Å². The predicted octanol–water partition coefficient (Wildman–Crippen LogP) is 4.15. The Hall–Kier alpha value is -1.54. The van der Waals surface area contributed by atoms with Crippen molar-refractivity contribution in [3.05, 3.63) is 53.9 Å². The first-order valence-electron chi connectivity index (χ1n) is 6.07. The second kappa shape index (κ2) is 5.87. The molecule has 0 amide bonds. The van der Waals surface area contributed by atoms with Crippen LogP contribution in [-0.2, 0) is 12.3 Å². The highest BCUT2D eigenvalue weighted by Gasteiger charge is 2.08. The lowest BCUT2D eigenvalue weighted by Gasteiger charge is -2.22. The minimum atomic E-state index is 0.473. The molecule has 18 heavy (non-hydrogen) atoms. The van der Waals surface area contributed by atoms with E-state index in [1.165, 1.54) is 5.56 Å². The summed E-state index contributed by atoms with van der Waals surface area (Å²) in [5.74, 6) is 0.473. The Balaban J connectivity index is 2.31. The fraction of sp³-hybridized carbons (Fsp3) is 0.267. The number of rotatable bonds is 4. The molecule has 1 heterocycles. The van der Waals surface area contributed by atoms with E-state index in [1.807, 2.05) is 19.3 Å². The van der Waals surface area contributed by atoms with Gasteiger partial charge in [0.15, 0.2) is 0 Å². The van der Waals surface area contributed by atoms with Crippen molar-refractivity contribution in [1.29, 1.82) is 0 Å². The lowest BCUT2D eigenvalue weighted by Crippen LogP contribution is -2.11. The Bertz CT molecular complexity index is 508. The lowest BCUT2D eigenvalue weighted by molar-refractivity contribution is 1.12. The molecule has 0 aliphatic carbocycles. The third kappa shape index (κ3) is 2.65. The third-order valence-electron chi connectivity index (χ3n) is 3.12. The number of benzene rings is 1. The average Bonchev–Trinajstić information content (AvgIpc) is 2.46. The number of hydrogen-bond donors (Lipinski definition) is 0. The first-order valence-corrected chi connectivity index (χ1v) is 6.61. The fourth-order valence-corrected chi connectivity index (χ4v) is 2.15. The summed E-state index contributed by atoms with van der Waals surface area (Å²) < 4.78 is 0. The second-order valence-corrected chi connectivity index (χ2v) is 4.48. The molecular weight excluding hydrogens is 244 g/mol. The average molecular weight is 261 g/mol. The van der Waals surface area contributed by atoms with Gasteiger partial charge in [-0.05, 0) is 30.2 Å². The van der Waals surface area contributed by atoms with Gasteiger partial charge in [0.1, 0.15) is 0 Å². The van der Waals surface area contributed by atoms with Gasteiger partial charge in [0, 0.05) is 36.4 Å². The molecule has 0 atom stereocenters. The van der Waals surface area contributed by atoms with Crippen LogP contribution >= 0.6 is 11.6 Å². The molecule has 1 aromatic heterocycles. The van der Waals surface area contributed by atoms with E-state index >= 15 is 0 Å². The molecule has 1 aromatic carbocycles. The summed E-state index contributed by atoms with van der Waals surface area (Å²) >= 11 is 5.94. The molecular formula is C15H17ClN2. The van der Waals surface area contributed by atoms with Gasteiger partial charge in [0.25, 0.3) is 0 Å². The predicted molar refractivity (Wildman–Crippen MR) is 77.7 cm³/mol. The summed E-state index contributed by atoms with van der Waals surface area (Å²) in [6, 6.07) is 10.6. The number of pyridine rings is 1. The molecule has 3 heteroatoms. The van der Waals surface area contributed by atoms with E-state index in [0.717, 1.165) is 23.4 Å². The summed E-state index contributed by atoms with van der Waals surface area (Å²) in [5.41, 5.74) is 4.65. The van der Waals surface area contributed by atoms with Crippen molar-refractivity contribution in [3.63, 3.8) is 0 Å². The van der Waals surface area contributed by atoms with E-state index in [0.29, 0.717) is 5.88 Å². The molecule has 0 aliphatic heterocycles. The maximum Gasteiger partial charge on any atom is 0.0510 e. The Labute approximate surface area is 113 Å². The van der Waals surface area contributed by atoms with Gasteiger partial charge in [-0.15, -0.1) is 11.6 Å². The topological polar surface area (TPSA) is 16.1 Å². The van der Waals surface area contributed by atoms with Crippen LogP contribution in [0, 0.1) is 0 Å². The summed E-state index contributed by atoms with van der Waals surface area (Å²) in [6.45, 7) is 2.16. The van der Waals surface area contributed by atoms with Crippen molar-refractivity contribution in [2.45, 2.75) is 19.2 Å². The fourth-order valence-electron chi connectivity index (χ4n) is 1.94. The molecule has 0 spiro atoms. The zero-order valence-corrected chi connectivity index (χ0v) is 11.5. The van der Waals surface area contributed by atoms with Crippen LogP contribution in [0.5, 0.6) is 0 Å². The van der Waals surface area contributed by atoms with Gasteiger partial charge in [0.2, 0.25) is 0 Å². The maximum atomic E-state index is 5.94. The lowest BCUT2D eigenvalue weighted by atomic mass is 10.1. The van der Waals surface area contributed by atoms with Gasteiger partial charge in [-0.25, -0.2) is 0 Å². The Kier molecular flexibility index (Phi) is 4.21. The number of halogens is 1. The SMILES string of the molecule is CCc1ccc(N(C)c2ccncc2CCl)cc1. The van der Waals surface area contributed by atoms with Crippen molar-refractivity contribution in [1.82, 2.24) is 4.98 Å². The van der Waals surface area contributed by atoms with Crippen molar-refractivity contribution in [2.24, 2.45) is 0 Å². The molecule has 2 aromatic rings. The second-order valence-electron chi connectivity index (χ2n) is 4.22. The number of anilines is 2. The van der Waals surface area contributed by atoms with E-state index in [1.54, 1.807) is 6.20 Å². The van der Waals surface area contributed by atoms with E-state index in [9.17, 15) is 0 Å². The standard InChI is InChI=1S/C15H17ClN2/c1-3-12-4-6-14(7-5-12)18(2)15-8-9-17-11-13(15)10-16/h4-9,11H,3,10H2,1-2H3. The summed E-state index contributed by atoms with van der Waals surface area (Å²) in [6.07, 6.45) is 4.67. The molecule has 2 rings (SSSR count). The van der Waals surface area contributed by atoms with E-state index in [-0.39, 0.29) is 0 Å². The van der Waals surface area contributed by atoms with Crippen molar-refractivity contribution >= 4 is 23.0 Å². The van der Waals surface area contributed by atoms with Gasteiger partial charge < -0.3 is 4.90 Å². The van der Waals surface area contributed by atoms with Gasteiger partial charge >= 0.3 is 0 Å². The summed E-state index contributed by atoms with van der Waals surface area (Å²) in [4.78, 5) is 6.25. The Morgan fingerprint density at radius 2 is 1.89 bits per heavy atom. The molecule has 0 unspecified atom stereocenters. The molecule has 0 saturated carbocycles. The first kappa shape index (κ1) is 12.9. The van der Waals surface area contributed by atoms with Crippen molar-refractivity contribution in [3.8, 4) is 0 Å². The van der Waals surface area contributed by atoms with Crippen molar-refractivity contribution in [2.75, 3.05) is 11.9 Å². The number of alkyl halides is 1. The quantitative estimate of drug-likeness (QED) is 0.768. The summed E-state index contributed by atoms with van der Waals surface area (Å²) in [5, 5.41) is 0. The number of nitrogens with zero attached hydrogens (tertiary/aromatic N) is 2. The monoisotopic (exact) mass is 260 g/mol. The third-order valence-corrected chi connectivity index (χ3v) is 3.40. The molecule has 0 aliphatic rings. The van der Waals surface area contributed by atoms with Crippen LogP contribution in [0.25, 0.3) is 0 Å². The largest absolute Gasteiger partial charge is 0.344 e. The van der Waals surface area contributed by atoms with Gasteiger partial charge in [0.05, 0.1) is 5.88 Å². The van der Waals surface area contributed by atoms with Crippen molar-refractivity contribution < 1.29 is 0 Å². The summed E-state index contributed by atoms with van der Waals surface area (Å²) in [7, 11) is 2.05. The van der Waals surface area contributed by atoms with Gasteiger partial charge in [-0.1, -0.05) is 19.1 Å². The molecule has 0 fully saturated rings. The van der Waals surface area contributed by atoms with E-state index in [2.05, 4.69) is 41.1 Å². The molecule has 2 nitrogen and oxygen atoms in total. The Morgan fingerprint density at radius 3 is 2.50 bits per heavy atom. The smallest absolute Gasteiger partial charge is 0.0510 e. The number of hydrogen-bond acceptors (Lipinski definition) is 2. The number of aryl methyl sites for hydroxylation is 1. The van der Waals surface area contributed by atoms with Crippen LogP contribution in [0.15, 0.2) is 42.7 Å². The zero-order valence-electron chi connectivity index (χ0n) is 10.7. The molecule has 0 saturated heterocycles. The molecule has 94 valence electrons. The minimum absolute atomic E-state index is 0.473. The highest BCUT2D eigenvalue weighted by molar-refractivity contribution is 6.17. The van der Waals surface area contributed by atoms with E-state index in [4.69, 9.17) is 11.6 Å².